The van der Waals surface area contributed by atoms with Gasteiger partial charge in [-0.3, -0.25) is 0 Å². The molecule has 0 amide bonds. The first-order valence-corrected chi connectivity index (χ1v) is 5.83. The van der Waals surface area contributed by atoms with Crippen LogP contribution in [0.2, 0.25) is 0 Å². The van der Waals surface area contributed by atoms with Crippen molar-refractivity contribution < 1.29 is 9.50 Å². The molecule has 0 heterocycles. The number of phenolic OH excluding ortho intramolecular Hbond substituents is 1. The molecule has 0 saturated heterocycles. The van der Waals surface area contributed by atoms with Crippen molar-refractivity contribution in [3.63, 3.8) is 0 Å². The van der Waals surface area contributed by atoms with Gasteiger partial charge in [0.25, 0.3) is 0 Å². The summed E-state index contributed by atoms with van der Waals surface area (Å²) < 4.78 is 13.0. The molecule has 0 fully saturated rings. The Morgan fingerprint density at radius 2 is 2.12 bits per heavy atom. The number of hydrogen-bond acceptors (Lipinski definition) is 2. The first-order valence-electron chi connectivity index (χ1n) is 5.83. The highest BCUT2D eigenvalue weighted by Gasteiger charge is 2.03. The minimum atomic E-state index is -0.371. The molecule has 0 saturated carbocycles. The maximum Gasteiger partial charge on any atom is 0.127 e. The molecule has 2 nitrogen and oxygen atoms in total. The second-order valence-corrected chi connectivity index (χ2v) is 4.21. The maximum absolute atomic E-state index is 13.0. The van der Waals surface area contributed by atoms with Crippen LogP contribution in [0.15, 0.2) is 18.2 Å². The normalized spacial score (nSPS) is 12.7. The fraction of sp³-hybridized carbons (Fsp3) is 0.538. The summed E-state index contributed by atoms with van der Waals surface area (Å²) in [6, 6.07) is 4.65. The monoisotopic (exact) mass is 225 g/mol. The molecule has 16 heavy (non-hydrogen) atoms. The van der Waals surface area contributed by atoms with E-state index in [4.69, 9.17) is 0 Å². The number of nitrogens with one attached hydrogen (secondary N) is 1. The van der Waals surface area contributed by atoms with Gasteiger partial charge in [0.2, 0.25) is 0 Å². The second kappa shape index (κ2) is 6.48. The molecule has 0 aliphatic heterocycles. The minimum absolute atomic E-state index is 0.00386. The van der Waals surface area contributed by atoms with E-state index >= 15 is 0 Å². The molecular weight excluding hydrogens is 205 g/mol. The van der Waals surface area contributed by atoms with Crippen LogP contribution in [0.25, 0.3) is 0 Å². The molecule has 0 radical (unpaired) electrons. The van der Waals surface area contributed by atoms with Crippen LogP contribution in [-0.4, -0.2) is 17.7 Å². The molecule has 1 unspecified atom stereocenters. The van der Waals surface area contributed by atoms with Crippen LogP contribution in [0, 0.1) is 5.82 Å². The van der Waals surface area contributed by atoms with Crippen molar-refractivity contribution in [2.75, 3.05) is 6.54 Å². The van der Waals surface area contributed by atoms with E-state index in [0.29, 0.717) is 6.04 Å². The molecule has 0 aliphatic carbocycles. The molecular formula is C13H20FNO. The SMILES string of the molecule is CCCNC(C)CCc1cc(O)cc(F)c1. The van der Waals surface area contributed by atoms with Crippen molar-refractivity contribution in [1.82, 2.24) is 5.32 Å². The van der Waals surface area contributed by atoms with Crippen LogP contribution in [0.3, 0.4) is 0 Å². The molecule has 1 aromatic rings. The zero-order chi connectivity index (χ0) is 12.0. The molecule has 90 valence electrons. The van der Waals surface area contributed by atoms with Gasteiger partial charge in [-0.15, -0.1) is 0 Å². The summed E-state index contributed by atoms with van der Waals surface area (Å²) >= 11 is 0. The highest BCUT2D eigenvalue weighted by molar-refractivity contribution is 5.28. The Morgan fingerprint density at radius 3 is 2.75 bits per heavy atom. The Morgan fingerprint density at radius 1 is 1.38 bits per heavy atom. The first-order chi connectivity index (χ1) is 7.61. The summed E-state index contributed by atoms with van der Waals surface area (Å²) in [6.45, 7) is 5.26. The van der Waals surface area contributed by atoms with Crippen LogP contribution in [0.1, 0.15) is 32.3 Å². The predicted octanol–water partition coefficient (Wildman–Crippen LogP) is 2.85. The maximum atomic E-state index is 13.0. The number of aromatic hydroxyl groups is 1. The molecule has 0 bridgehead atoms. The van der Waals surface area contributed by atoms with Crippen LogP contribution in [-0.2, 0) is 6.42 Å². The molecule has 0 aromatic heterocycles. The lowest BCUT2D eigenvalue weighted by atomic mass is 10.1. The zero-order valence-electron chi connectivity index (χ0n) is 9.96. The van der Waals surface area contributed by atoms with Gasteiger partial charge in [-0.2, -0.15) is 0 Å². The Hall–Kier alpha value is -1.09. The zero-order valence-corrected chi connectivity index (χ0v) is 9.96. The highest BCUT2D eigenvalue weighted by atomic mass is 19.1. The van der Waals surface area contributed by atoms with Gasteiger partial charge in [-0.1, -0.05) is 6.92 Å². The molecule has 2 N–H and O–H groups in total. The number of halogens is 1. The third-order valence-electron chi connectivity index (χ3n) is 2.55. The largest absolute Gasteiger partial charge is 0.508 e. The lowest BCUT2D eigenvalue weighted by Gasteiger charge is -2.12. The quantitative estimate of drug-likeness (QED) is 0.780. The van der Waals surface area contributed by atoms with E-state index in [1.54, 1.807) is 6.07 Å². The summed E-state index contributed by atoms with van der Waals surface area (Å²) in [5, 5.41) is 12.6. The smallest absolute Gasteiger partial charge is 0.127 e. The van der Waals surface area contributed by atoms with Crippen LogP contribution in [0.4, 0.5) is 4.39 Å². The van der Waals surface area contributed by atoms with Gasteiger partial charge >= 0.3 is 0 Å². The number of aryl methyl sites for hydroxylation is 1. The van der Waals surface area contributed by atoms with Crippen LogP contribution < -0.4 is 5.32 Å². The van der Waals surface area contributed by atoms with E-state index in [-0.39, 0.29) is 11.6 Å². The van der Waals surface area contributed by atoms with E-state index in [9.17, 15) is 9.50 Å². The molecule has 1 atom stereocenters. The first kappa shape index (κ1) is 13.0. The van der Waals surface area contributed by atoms with Gasteiger partial charge in [-0.25, -0.2) is 4.39 Å². The van der Waals surface area contributed by atoms with Crippen LogP contribution in [0.5, 0.6) is 5.75 Å². The number of rotatable bonds is 6. The summed E-state index contributed by atoms with van der Waals surface area (Å²) in [5.41, 5.74) is 0.850. The Balaban J connectivity index is 2.41. The minimum Gasteiger partial charge on any atom is -0.508 e. The lowest BCUT2D eigenvalue weighted by Crippen LogP contribution is -2.27. The standard InChI is InChI=1S/C13H20FNO/c1-3-6-15-10(2)4-5-11-7-12(14)9-13(16)8-11/h7-10,15-16H,3-6H2,1-2H3. The average molecular weight is 225 g/mol. The summed E-state index contributed by atoms with van der Waals surface area (Å²) in [6.07, 6.45) is 2.84. The molecule has 0 aliphatic rings. The Bertz CT molecular complexity index is 307. The molecule has 1 aromatic carbocycles. The summed E-state index contributed by atoms with van der Waals surface area (Å²) in [7, 11) is 0. The van der Waals surface area contributed by atoms with E-state index in [0.717, 1.165) is 37.4 Å². The van der Waals surface area contributed by atoms with E-state index in [1.165, 1.54) is 6.07 Å². The topological polar surface area (TPSA) is 32.3 Å². The Labute approximate surface area is 96.5 Å². The number of hydrogen-bond donors (Lipinski definition) is 2. The van der Waals surface area contributed by atoms with Crippen molar-refractivity contribution in [3.8, 4) is 5.75 Å². The predicted molar refractivity (Wildman–Crippen MR) is 64.1 cm³/mol. The van der Waals surface area contributed by atoms with Crippen molar-refractivity contribution in [2.24, 2.45) is 0 Å². The van der Waals surface area contributed by atoms with Gasteiger partial charge in [0.1, 0.15) is 11.6 Å². The van der Waals surface area contributed by atoms with Gasteiger partial charge < -0.3 is 10.4 Å². The number of benzene rings is 1. The summed E-state index contributed by atoms with van der Waals surface area (Å²) in [4.78, 5) is 0. The lowest BCUT2D eigenvalue weighted by molar-refractivity contribution is 0.466. The third kappa shape index (κ3) is 4.62. The fourth-order valence-corrected chi connectivity index (χ4v) is 1.65. The second-order valence-electron chi connectivity index (χ2n) is 4.21. The van der Waals surface area contributed by atoms with Crippen molar-refractivity contribution in [3.05, 3.63) is 29.6 Å². The average Bonchev–Trinajstić information content (AvgIpc) is 2.22. The molecule has 1 rings (SSSR count). The van der Waals surface area contributed by atoms with Gasteiger partial charge in [-0.05, 0) is 50.4 Å². The number of phenols is 1. The van der Waals surface area contributed by atoms with Gasteiger partial charge in [0, 0.05) is 12.1 Å². The van der Waals surface area contributed by atoms with Crippen molar-refractivity contribution in [1.29, 1.82) is 0 Å². The fourth-order valence-electron chi connectivity index (χ4n) is 1.65. The molecule has 0 spiro atoms. The van der Waals surface area contributed by atoms with Crippen LogP contribution >= 0.6 is 0 Å². The Kier molecular flexibility index (Phi) is 5.26. The summed E-state index contributed by atoms with van der Waals surface area (Å²) in [5.74, 6) is -0.367. The van der Waals surface area contributed by atoms with E-state index in [2.05, 4.69) is 19.2 Å². The van der Waals surface area contributed by atoms with E-state index < -0.39 is 0 Å². The van der Waals surface area contributed by atoms with Gasteiger partial charge in [0.15, 0.2) is 0 Å². The highest BCUT2D eigenvalue weighted by Crippen LogP contribution is 2.16. The van der Waals surface area contributed by atoms with E-state index in [1.807, 2.05) is 0 Å². The molecule has 3 heteroatoms. The van der Waals surface area contributed by atoms with Crippen molar-refractivity contribution in [2.45, 2.75) is 39.2 Å². The third-order valence-corrected chi connectivity index (χ3v) is 2.55. The van der Waals surface area contributed by atoms with Crippen molar-refractivity contribution >= 4 is 0 Å². The van der Waals surface area contributed by atoms with Gasteiger partial charge in [0.05, 0.1) is 0 Å².